The Balaban J connectivity index is 2.09. The minimum absolute atomic E-state index is 0.258. The Labute approximate surface area is 151 Å². The minimum atomic E-state index is -0.399. The Morgan fingerprint density at radius 3 is 2.46 bits per heavy atom. The van der Waals surface area contributed by atoms with Crippen molar-refractivity contribution in [3.63, 3.8) is 0 Å². The summed E-state index contributed by atoms with van der Waals surface area (Å²) in [5.41, 5.74) is 5.69. The van der Waals surface area contributed by atoms with Gasteiger partial charge in [-0.25, -0.2) is 0 Å². The van der Waals surface area contributed by atoms with Gasteiger partial charge in [-0.1, -0.05) is 49.3 Å². The zero-order valence-corrected chi connectivity index (χ0v) is 15.3. The highest BCUT2D eigenvalue weighted by molar-refractivity contribution is 7.99. The predicted octanol–water partition coefficient (Wildman–Crippen LogP) is 3.53. The largest absolute Gasteiger partial charge is 0.344 e. The van der Waals surface area contributed by atoms with E-state index in [0.29, 0.717) is 16.6 Å². The number of amides is 1. The molecule has 0 aliphatic heterocycles. The van der Waals surface area contributed by atoms with Crippen LogP contribution in [0.5, 0.6) is 0 Å². The second kappa shape index (κ2) is 8.46. The molecule has 5 nitrogen and oxygen atoms in total. The van der Waals surface area contributed by atoms with Crippen LogP contribution in [0.2, 0.25) is 5.02 Å². The van der Waals surface area contributed by atoms with Gasteiger partial charge in [0.2, 0.25) is 0 Å². The number of hydrogen-bond acceptors (Lipinski definition) is 5. The van der Waals surface area contributed by atoms with E-state index in [1.54, 1.807) is 12.1 Å². The average molecular weight is 365 g/mol. The first kappa shape index (κ1) is 18.7. The summed E-state index contributed by atoms with van der Waals surface area (Å²) in [7, 11) is 0. The van der Waals surface area contributed by atoms with Crippen molar-refractivity contribution in [2.45, 2.75) is 42.1 Å². The fraction of sp³-hybridized carbons (Fsp3) is 0.353. The number of carbonyl (C=O) groups is 1. The van der Waals surface area contributed by atoms with E-state index in [1.165, 1.54) is 11.8 Å². The molecular weight excluding hydrogens is 344 g/mol. The molecule has 7 heteroatoms. The van der Waals surface area contributed by atoms with E-state index in [9.17, 15) is 4.79 Å². The highest BCUT2D eigenvalue weighted by Crippen LogP contribution is 2.31. The van der Waals surface area contributed by atoms with Crippen molar-refractivity contribution in [1.29, 1.82) is 0 Å². The zero-order valence-electron chi connectivity index (χ0n) is 13.8. The number of nitrogens with zero attached hydrogens (tertiary/aromatic N) is 2. The summed E-state index contributed by atoms with van der Waals surface area (Å²) in [4.78, 5) is 13.3. The van der Waals surface area contributed by atoms with Gasteiger partial charge < -0.3 is 11.1 Å². The Kier molecular flexibility index (Phi) is 6.60. The van der Waals surface area contributed by atoms with Crippen LogP contribution in [0.1, 0.15) is 37.2 Å². The summed E-state index contributed by atoms with van der Waals surface area (Å²) in [5.74, 6) is -0.258. The lowest BCUT2D eigenvalue weighted by Crippen LogP contribution is -2.53. The van der Waals surface area contributed by atoms with E-state index < -0.39 is 5.54 Å². The molecule has 0 saturated carbocycles. The van der Waals surface area contributed by atoms with E-state index in [0.717, 1.165) is 17.7 Å². The number of nitrogens with two attached hydrogens (primary N) is 1. The highest BCUT2D eigenvalue weighted by Gasteiger charge is 2.27. The second-order valence-corrected chi connectivity index (χ2v) is 6.90. The quantitative estimate of drug-likeness (QED) is 0.785. The van der Waals surface area contributed by atoms with Crippen molar-refractivity contribution in [3.8, 4) is 0 Å². The third-order valence-corrected chi connectivity index (χ3v) is 5.49. The zero-order chi connectivity index (χ0) is 17.6. The van der Waals surface area contributed by atoms with Crippen LogP contribution in [0, 0.1) is 0 Å². The van der Waals surface area contributed by atoms with Crippen LogP contribution in [0.25, 0.3) is 0 Å². The SMILES string of the molecule is CCC(CC)(CN)NC(=O)c1ccc(Sc2ccccc2Cl)nn1. The highest BCUT2D eigenvalue weighted by atomic mass is 35.5. The Bertz CT molecular complexity index is 681. The van der Waals surface area contributed by atoms with Gasteiger partial charge in [0, 0.05) is 11.4 Å². The first-order valence-electron chi connectivity index (χ1n) is 7.82. The molecule has 1 amide bonds. The molecule has 2 rings (SSSR count). The summed E-state index contributed by atoms with van der Waals surface area (Å²) in [6, 6.07) is 10.9. The molecule has 2 aromatic rings. The molecule has 1 aromatic carbocycles. The first-order chi connectivity index (χ1) is 11.5. The number of nitrogens with one attached hydrogen (secondary N) is 1. The predicted molar refractivity (Wildman–Crippen MR) is 97.4 cm³/mol. The van der Waals surface area contributed by atoms with Crippen molar-refractivity contribution in [2.75, 3.05) is 6.54 Å². The topological polar surface area (TPSA) is 80.9 Å². The van der Waals surface area contributed by atoms with Gasteiger partial charge in [-0.3, -0.25) is 4.79 Å². The number of hydrogen-bond donors (Lipinski definition) is 2. The number of aromatic nitrogens is 2. The Morgan fingerprint density at radius 1 is 1.21 bits per heavy atom. The molecule has 0 aliphatic carbocycles. The lowest BCUT2D eigenvalue weighted by Gasteiger charge is -2.31. The summed E-state index contributed by atoms with van der Waals surface area (Å²) in [5, 5.41) is 12.4. The van der Waals surface area contributed by atoms with Crippen molar-refractivity contribution >= 4 is 29.3 Å². The van der Waals surface area contributed by atoms with E-state index >= 15 is 0 Å². The smallest absolute Gasteiger partial charge is 0.272 e. The van der Waals surface area contributed by atoms with Gasteiger partial charge >= 0.3 is 0 Å². The molecule has 3 N–H and O–H groups in total. The molecule has 24 heavy (non-hydrogen) atoms. The molecule has 0 atom stereocenters. The fourth-order valence-electron chi connectivity index (χ4n) is 2.21. The van der Waals surface area contributed by atoms with Gasteiger partial charge in [0.25, 0.3) is 5.91 Å². The van der Waals surface area contributed by atoms with E-state index in [4.69, 9.17) is 17.3 Å². The van der Waals surface area contributed by atoms with Crippen LogP contribution >= 0.6 is 23.4 Å². The minimum Gasteiger partial charge on any atom is -0.344 e. The molecule has 0 unspecified atom stereocenters. The molecule has 0 bridgehead atoms. The molecule has 1 aromatic heterocycles. The lowest BCUT2D eigenvalue weighted by molar-refractivity contribution is 0.0888. The van der Waals surface area contributed by atoms with E-state index in [2.05, 4.69) is 15.5 Å². The molecule has 0 fully saturated rings. The maximum absolute atomic E-state index is 12.4. The van der Waals surface area contributed by atoms with Crippen LogP contribution < -0.4 is 11.1 Å². The summed E-state index contributed by atoms with van der Waals surface area (Å²) in [6.45, 7) is 4.40. The first-order valence-corrected chi connectivity index (χ1v) is 9.01. The van der Waals surface area contributed by atoms with Gasteiger partial charge in [-0.05, 0) is 37.1 Å². The Morgan fingerprint density at radius 2 is 1.92 bits per heavy atom. The van der Waals surface area contributed by atoms with Crippen molar-refractivity contribution in [2.24, 2.45) is 5.73 Å². The van der Waals surface area contributed by atoms with Gasteiger partial charge in [0.1, 0.15) is 5.03 Å². The average Bonchev–Trinajstić information content (AvgIpc) is 2.62. The summed E-state index contributed by atoms with van der Waals surface area (Å²) < 4.78 is 0. The third-order valence-electron chi connectivity index (χ3n) is 4.05. The summed E-state index contributed by atoms with van der Waals surface area (Å²) >= 11 is 7.54. The molecule has 128 valence electrons. The van der Waals surface area contributed by atoms with Crippen LogP contribution in [-0.2, 0) is 0 Å². The Hall–Kier alpha value is -1.63. The molecular formula is C17H21ClN4OS. The third kappa shape index (κ3) is 4.47. The van der Waals surface area contributed by atoms with Gasteiger partial charge in [-0.2, -0.15) is 0 Å². The van der Waals surface area contributed by atoms with Crippen molar-refractivity contribution in [1.82, 2.24) is 15.5 Å². The number of benzene rings is 1. The van der Waals surface area contributed by atoms with Crippen molar-refractivity contribution in [3.05, 3.63) is 47.1 Å². The van der Waals surface area contributed by atoms with Gasteiger partial charge in [0.15, 0.2) is 5.69 Å². The monoisotopic (exact) mass is 364 g/mol. The van der Waals surface area contributed by atoms with E-state index in [1.807, 2.05) is 38.1 Å². The standard InChI is InChI=1S/C17H21ClN4OS/c1-3-17(4-2,11-19)20-16(23)13-9-10-15(22-21-13)24-14-8-6-5-7-12(14)18/h5-10H,3-4,11,19H2,1-2H3,(H,20,23). The van der Waals surface area contributed by atoms with Crippen LogP contribution in [0.15, 0.2) is 46.3 Å². The fourth-order valence-corrected chi connectivity index (χ4v) is 3.21. The molecule has 0 radical (unpaired) electrons. The van der Waals surface area contributed by atoms with Crippen LogP contribution in [-0.4, -0.2) is 28.2 Å². The molecule has 1 heterocycles. The van der Waals surface area contributed by atoms with Gasteiger partial charge in [-0.15, -0.1) is 10.2 Å². The lowest BCUT2D eigenvalue weighted by atomic mass is 9.93. The second-order valence-electron chi connectivity index (χ2n) is 5.43. The number of halogens is 1. The molecule has 0 aliphatic rings. The normalized spacial score (nSPS) is 11.3. The maximum Gasteiger partial charge on any atom is 0.272 e. The molecule has 0 saturated heterocycles. The van der Waals surface area contributed by atoms with Crippen molar-refractivity contribution < 1.29 is 4.79 Å². The van der Waals surface area contributed by atoms with Gasteiger partial charge in [0.05, 0.1) is 10.6 Å². The van der Waals surface area contributed by atoms with Crippen LogP contribution in [0.4, 0.5) is 0 Å². The maximum atomic E-state index is 12.4. The molecule has 0 spiro atoms. The van der Waals surface area contributed by atoms with E-state index in [-0.39, 0.29) is 11.6 Å². The van der Waals surface area contributed by atoms with Crippen LogP contribution in [0.3, 0.4) is 0 Å². The number of rotatable bonds is 7. The summed E-state index contributed by atoms with van der Waals surface area (Å²) in [6.07, 6.45) is 1.53. The number of carbonyl (C=O) groups excluding carboxylic acids is 1.